The third-order valence-electron chi connectivity index (χ3n) is 4.53. The van der Waals surface area contributed by atoms with Crippen molar-refractivity contribution in [3.63, 3.8) is 0 Å². The van der Waals surface area contributed by atoms with Crippen LogP contribution in [0, 0.1) is 11.3 Å². The van der Waals surface area contributed by atoms with Crippen LogP contribution in [0.5, 0.6) is 0 Å². The highest BCUT2D eigenvalue weighted by Gasteiger charge is 2.51. The van der Waals surface area contributed by atoms with Gasteiger partial charge in [-0.3, -0.25) is 0 Å². The number of rotatable bonds is 7. The van der Waals surface area contributed by atoms with Gasteiger partial charge >= 0.3 is 0 Å². The SMILES string of the molecule is CCOC1CC(n2nnnc2C(C)NCC(C)C)C1(C)C. The van der Waals surface area contributed by atoms with Gasteiger partial charge in [-0.05, 0) is 43.2 Å². The summed E-state index contributed by atoms with van der Waals surface area (Å²) in [5.74, 6) is 1.53. The molecule has 2 rings (SSSR count). The Kier molecular flexibility index (Phi) is 4.99. The fraction of sp³-hybridized carbons (Fsp3) is 0.933. The quantitative estimate of drug-likeness (QED) is 0.836. The summed E-state index contributed by atoms with van der Waals surface area (Å²) in [4.78, 5) is 0. The van der Waals surface area contributed by atoms with Crippen LogP contribution >= 0.6 is 0 Å². The highest BCUT2D eigenvalue weighted by molar-refractivity contribution is 5.05. The molecular weight excluding hydrogens is 266 g/mol. The van der Waals surface area contributed by atoms with E-state index >= 15 is 0 Å². The Morgan fingerprint density at radius 3 is 2.67 bits per heavy atom. The Bertz CT molecular complexity index is 457. The van der Waals surface area contributed by atoms with Gasteiger partial charge in [-0.1, -0.05) is 27.7 Å². The van der Waals surface area contributed by atoms with E-state index in [2.05, 4.69) is 55.5 Å². The molecule has 120 valence electrons. The van der Waals surface area contributed by atoms with Gasteiger partial charge in [0.2, 0.25) is 0 Å². The van der Waals surface area contributed by atoms with Gasteiger partial charge < -0.3 is 10.1 Å². The summed E-state index contributed by atoms with van der Waals surface area (Å²) >= 11 is 0. The largest absolute Gasteiger partial charge is 0.378 e. The zero-order valence-corrected chi connectivity index (χ0v) is 14.1. The highest BCUT2D eigenvalue weighted by Crippen LogP contribution is 2.51. The van der Waals surface area contributed by atoms with E-state index in [0.717, 1.165) is 25.4 Å². The van der Waals surface area contributed by atoms with Crippen molar-refractivity contribution in [2.45, 2.75) is 66.2 Å². The summed E-state index contributed by atoms with van der Waals surface area (Å²) < 4.78 is 7.80. The molecule has 1 aliphatic rings. The Balaban J connectivity index is 2.07. The van der Waals surface area contributed by atoms with Crippen LogP contribution in [0.3, 0.4) is 0 Å². The van der Waals surface area contributed by atoms with Crippen molar-refractivity contribution in [2.24, 2.45) is 11.3 Å². The first kappa shape index (κ1) is 16.4. The van der Waals surface area contributed by atoms with Gasteiger partial charge in [0.05, 0.1) is 18.2 Å². The Morgan fingerprint density at radius 1 is 1.38 bits per heavy atom. The maximum absolute atomic E-state index is 5.80. The number of hydrogen-bond acceptors (Lipinski definition) is 5. The molecule has 3 atom stereocenters. The molecule has 6 heteroatoms. The molecule has 1 aromatic heterocycles. The maximum Gasteiger partial charge on any atom is 0.168 e. The lowest BCUT2D eigenvalue weighted by molar-refractivity contribution is -0.132. The summed E-state index contributed by atoms with van der Waals surface area (Å²) in [5, 5.41) is 15.9. The van der Waals surface area contributed by atoms with E-state index in [1.54, 1.807) is 0 Å². The predicted molar refractivity (Wildman–Crippen MR) is 81.9 cm³/mol. The number of nitrogens with zero attached hydrogens (tertiary/aromatic N) is 4. The number of nitrogens with one attached hydrogen (secondary N) is 1. The first-order chi connectivity index (χ1) is 9.87. The average molecular weight is 295 g/mol. The van der Waals surface area contributed by atoms with E-state index in [9.17, 15) is 0 Å². The second-order valence-electron chi connectivity index (χ2n) is 7.02. The van der Waals surface area contributed by atoms with E-state index in [1.807, 2.05) is 11.6 Å². The van der Waals surface area contributed by atoms with Crippen LogP contribution in [0.2, 0.25) is 0 Å². The summed E-state index contributed by atoms with van der Waals surface area (Å²) in [5.41, 5.74) is 0.0674. The van der Waals surface area contributed by atoms with Crippen LogP contribution in [-0.4, -0.2) is 39.5 Å². The number of ether oxygens (including phenoxy) is 1. The predicted octanol–water partition coefficient (Wildman–Crippen LogP) is 2.36. The Morgan fingerprint density at radius 2 is 2.10 bits per heavy atom. The molecule has 0 bridgehead atoms. The Hall–Kier alpha value is -1.01. The molecule has 3 unspecified atom stereocenters. The highest BCUT2D eigenvalue weighted by atomic mass is 16.5. The first-order valence-electron chi connectivity index (χ1n) is 8.00. The average Bonchev–Trinajstić information content (AvgIpc) is 2.88. The van der Waals surface area contributed by atoms with Crippen molar-refractivity contribution in [3.05, 3.63) is 5.82 Å². The number of aromatic nitrogens is 4. The van der Waals surface area contributed by atoms with Crippen molar-refractivity contribution in [1.82, 2.24) is 25.5 Å². The molecule has 1 fully saturated rings. The number of tetrazole rings is 1. The van der Waals surface area contributed by atoms with E-state index in [0.29, 0.717) is 18.1 Å². The van der Waals surface area contributed by atoms with Gasteiger partial charge in [0.15, 0.2) is 5.82 Å². The zero-order chi connectivity index (χ0) is 15.6. The van der Waals surface area contributed by atoms with Crippen molar-refractivity contribution in [3.8, 4) is 0 Å². The van der Waals surface area contributed by atoms with Crippen molar-refractivity contribution >= 4 is 0 Å². The van der Waals surface area contributed by atoms with Crippen LogP contribution in [0.25, 0.3) is 0 Å². The molecule has 1 N–H and O–H groups in total. The third-order valence-corrected chi connectivity index (χ3v) is 4.53. The summed E-state index contributed by atoms with van der Waals surface area (Å²) in [6.45, 7) is 14.8. The molecule has 0 amide bonds. The van der Waals surface area contributed by atoms with Crippen molar-refractivity contribution < 1.29 is 4.74 Å². The van der Waals surface area contributed by atoms with Crippen LogP contribution in [0.4, 0.5) is 0 Å². The summed E-state index contributed by atoms with van der Waals surface area (Å²) in [6, 6.07) is 0.465. The molecule has 0 aliphatic heterocycles. The van der Waals surface area contributed by atoms with Gasteiger partial charge in [0.25, 0.3) is 0 Å². The van der Waals surface area contributed by atoms with E-state index in [4.69, 9.17) is 4.74 Å². The van der Waals surface area contributed by atoms with Crippen LogP contribution < -0.4 is 5.32 Å². The van der Waals surface area contributed by atoms with E-state index in [-0.39, 0.29) is 11.5 Å². The van der Waals surface area contributed by atoms with E-state index in [1.165, 1.54) is 0 Å². The summed E-state index contributed by atoms with van der Waals surface area (Å²) in [6.07, 6.45) is 1.28. The van der Waals surface area contributed by atoms with Gasteiger partial charge in [-0.25, -0.2) is 4.68 Å². The van der Waals surface area contributed by atoms with Gasteiger partial charge in [0, 0.05) is 12.0 Å². The smallest absolute Gasteiger partial charge is 0.168 e. The molecule has 1 saturated carbocycles. The van der Waals surface area contributed by atoms with Crippen LogP contribution in [0.1, 0.15) is 65.9 Å². The van der Waals surface area contributed by atoms with Crippen LogP contribution in [0.15, 0.2) is 0 Å². The Labute approximate surface area is 127 Å². The second-order valence-corrected chi connectivity index (χ2v) is 7.02. The maximum atomic E-state index is 5.80. The fourth-order valence-corrected chi connectivity index (χ4v) is 2.97. The lowest BCUT2D eigenvalue weighted by atomic mass is 9.64. The molecule has 21 heavy (non-hydrogen) atoms. The molecule has 6 nitrogen and oxygen atoms in total. The topological polar surface area (TPSA) is 64.9 Å². The standard InChI is InChI=1S/C15H29N5O/c1-7-21-13-8-12(15(13,5)6)20-14(17-18-19-20)11(4)16-9-10(2)3/h10-13,16H,7-9H2,1-6H3. The minimum Gasteiger partial charge on any atom is -0.378 e. The molecule has 0 radical (unpaired) electrons. The molecule has 0 aromatic carbocycles. The molecule has 0 saturated heterocycles. The molecule has 1 aliphatic carbocycles. The lowest BCUT2D eigenvalue weighted by Gasteiger charge is -2.51. The zero-order valence-electron chi connectivity index (χ0n) is 14.1. The lowest BCUT2D eigenvalue weighted by Crippen LogP contribution is -2.52. The first-order valence-corrected chi connectivity index (χ1v) is 8.00. The van der Waals surface area contributed by atoms with Crippen molar-refractivity contribution in [2.75, 3.05) is 13.2 Å². The molecular formula is C15H29N5O. The monoisotopic (exact) mass is 295 g/mol. The van der Waals surface area contributed by atoms with Crippen LogP contribution in [-0.2, 0) is 4.74 Å². The normalized spacial score (nSPS) is 25.9. The van der Waals surface area contributed by atoms with Gasteiger partial charge in [0.1, 0.15) is 0 Å². The molecule has 0 spiro atoms. The summed E-state index contributed by atoms with van der Waals surface area (Å²) in [7, 11) is 0. The second kappa shape index (κ2) is 6.40. The fourth-order valence-electron chi connectivity index (χ4n) is 2.97. The van der Waals surface area contributed by atoms with E-state index < -0.39 is 0 Å². The minimum absolute atomic E-state index is 0.0674. The molecule has 1 heterocycles. The minimum atomic E-state index is 0.0674. The third kappa shape index (κ3) is 3.26. The molecule has 1 aromatic rings. The van der Waals surface area contributed by atoms with Gasteiger partial charge in [-0.15, -0.1) is 5.10 Å². The van der Waals surface area contributed by atoms with Crippen molar-refractivity contribution in [1.29, 1.82) is 0 Å². The van der Waals surface area contributed by atoms with Gasteiger partial charge in [-0.2, -0.15) is 0 Å². The number of hydrogen-bond donors (Lipinski definition) is 1.